The van der Waals surface area contributed by atoms with Crippen molar-refractivity contribution in [1.29, 1.82) is 0 Å². The van der Waals surface area contributed by atoms with Crippen molar-refractivity contribution in [3.63, 3.8) is 0 Å². The first-order valence-electron chi connectivity index (χ1n) is 10.7. The van der Waals surface area contributed by atoms with Crippen molar-refractivity contribution in [2.45, 2.75) is 45.2 Å². The molecule has 0 spiro atoms. The number of quaternary nitrogens is 1. The SMILES string of the molecule is Cc1ccc(N2C(=O)C[C@H]([NH+]3CCc4cc5c(cc4[C@@H]3C)OCCCO5)C2=O)cc1. The van der Waals surface area contributed by atoms with Crippen LogP contribution in [0.15, 0.2) is 36.4 Å². The molecule has 6 heteroatoms. The van der Waals surface area contributed by atoms with E-state index in [2.05, 4.69) is 19.1 Å². The van der Waals surface area contributed by atoms with Gasteiger partial charge >= 0.3 is 0 Å². The fourth-order valence-electron chi connectivity index (χ4n) is 4.94. The van der Waals surface area contributed by atoms with Crippen molar-refractivity contribution in [2.75, 3.05) is 24.7 Å². The number of aryl methyl sites for hydroxylation is 1. The van der Waals surface area contributed by atoms with Crippen molar-refractivity contribution in [1.82, 2.24) is 0 Å². The number of benzene rings is 2. The molecule has 2 aromatic carbocycles. The molecule has 0 saturated carbocycles. The summed E-state index contributed by atoms with van der Waals surface area (Å²) < 4.78 is 11.7. The van der Waals surface area contributed by atoms with Gasteiger partial charge in [0.2, 0.25) is 5.91 Å². The molecule has 2 aromatic rings. The molecule has 3 heterocycles. The second kappa shape index (κ2) is 7.43. The summed E-state index contributed by atoms with van der Waals surface area (Å²) in [6.07, 6.45) is 1.99. The van der Waals surface area contributed by atoms with Crippen LogP contribution in [0.1, 0.15) is 42.5 Å². The number of amides is 2. The van der Waals surface area contributed by atoms with E-state index < -0.39 is 0 Å². The normalized spacial score (nSPS) is 25.8. The van der Waals surface area contributed by atoms with E-state index in [1.54, 1.807) is 0 Å². The van der Waals surface area contributed by atoms with Gasteiger partial charge in [0.15, 0.2) is 17.5 Å². The van der Waals surface area contributed by atoms with Crippen molar-refractivity contribution in [2.24, 2.45) is 0 Å². The van der Waals surface area contributed by atoms with Crippen LogP contribution in [0.5, 0.6) is 11.5 Å². The van der Waals surface area contributed by atoms with Crippen LogP contribution in [-0.2, 0) is 16.0 Å². The summed E-state index contributed by atoms with van der Waals surface area (Å²) >= 11 is 0. The van der Waals surface area contributed by atoms with E-state index in [-0.39, 0.29) is 30.3 Å². The number of nitrogens with one attached hydrogen (secondary N) is 1. The first-order chi connectivity index (χ1) is 14.5. The third kappa shape index (κ3) is 3.16. The van der Waals surface area contributed by atoms with E-state index in [4.69, 9.17) is 9.47 Å². The van der Waals surface area contributed by atoms with Crippen LogP contribution >= 0.6 is 0 Å². The van der Waals surface area contributed by atoms with E-state index in [9.17, 15) is 9.59 Å². The Bertz CT molecular complexity index is 1000. The number of imide groups is 1. The first-order valence-corrected chi connectivity index (χ1v) is 10.7. The van der Waals surface area contributed by atoms with E-state index >= 15 is 0 Å². The Kier molecular flexibility index (Phi) is 4.74. The lowest BCUT2D eigenvalue weighted by molar-refractivity contribution is -0.946. The molecule has 1 saturated heterocycles. The molecular formula is C24H27N2O4+. The number of carbonyl (C=O) groups excluding carboxylic acids is 2. The Morgan fingerprint density at radius 1 is 1.03 bits per heavy atom. The van der Waals surface area contributed by atoms with Gasteiger partial charge in [0, 0.05) is 18.4 Å². The zero-order valence-electron chi connectivity index (χ0n) is 17.4. The van der Waals surface area contributed by atoms with Crippen LogP contribution in [0.25, 0.3) is 0 Å². The van der Waals surface area contributed by atoms with Gasteiger partial charge in [0.05, 0.1) is 31.9 Å². The number of hydrogen-bond acceptors (Lipinski definition) is 4. The minimum absolute atomic E-state index is 0.0940. The largest absolute Gasteiger partial charge is 0.490 e. The molecule has 6 nitrogen and oxygen atoms in total. The van der Waals surface area contributed by atoms with Crippen molar-refractivity contribution >= 4 is 17.5 Å². The molecule has 1 unspecified atom stereocenters. The maximum absolute atomic E-state index is 13.3. The highest BCUT2D eigenvalue weighted by Gasteiger charge is 2.48. The average Bonchev–Trinajstić information content (AvgIpc) is 2.90. The lowest BCUT2D eigenvalue weighted by Crippen LogP contribution is -3.17. The molecule has 5 rings (SSSR count). The summed E-state index contributed by atoms with van der Waals surface area (Å²) in [6.45, 7) is 6.28. The van der Waals surface area contributed by atoms with Crippen LogP contribution in [0.4, 0.5) is 5.69 Å². The number of fused-ring (bicyclic) bond motifs is 2. The van der Waals surface area contributed by atoms with Crippen molar-refractivity contribution in [3.05, 3.63) is 53.1 Å². The first kappa shape index (κ1) is 19.1. The molecule has 0 aliphatic carbocycles. The highest BCUT2D eigenvalue weighted by Crippen LogP contribution is 2.36. The summed E-state index contributed by atoms with van der Waals surface area (Å²) in [7, 11) is 0. The molecule has 3 aliphatic heterocycles. The zero-order valence-corrected chi connectivity index (χ0v) is 17.4. The van der Waals surface area contributed by atoms with Gasteiger partial charge in [0.1, 0.15) is 6.04 Å². The van der Waals surface area contributed by atoms with Crippen LogP contribution in [0, 0.1) is 6.92 Å². The highest BCUT2D eigenvalue weighted by molar-refractivity contribution is 6.21. The molecule has 30 heavy (non-hydrogen) atoms. The van der Waals surface area contributed by atoms with Gasteiger partial charge in [-0.15, -0.1) is 0 Å². The monoisotopic (exact) mass is 407 g/mol. The van der Waals surface area contributed by atoms with Crippen LogP contribution in [0.2, 0.25) is 0 Å². The standard InChI is InChI=1S/C24H26N2O4/c1-15-4-6-18(7-5-15)26-23(27)14-20(24(26)28)25-9-8-17-12-21-22(13-19(17)16(25)2)30-11-3-10-29-21/h4-7,12-13,16,20H,3,8-11,14H2,1-2H3/p+1/t16-,20-/m0/s1. The lowest BCUT2D eigenvalue weighted by atomic mass is 9.91. The van der Waals surface area contributed by atoms with Crippen LogP contribution in [-0.4, -0.2) is 37.6 Å². The third-order valence-corrected chi connectivity index (χ3v) is 6.60. The predicted molar refractivity (Wildman–Crippen MR) is 112 cm³/mol. The van der Waals surface area contributed by atoms with E-state index in [1.807, 2.05) is 31.2 Å². The molecule has 0 radical (unpaired) electrons. The number of nitrogens with zero attached hydrogens (tertiary/aromatic N) is 1. The smallest absolute Gasteiger partial charge is 0.292 e. The fourth-order valence-corrected chi connectivity index (χ4v) is 4.94. The second-order valence-corrected chi connectivity index (χ2v) is 8.50. The molecule has 0 aromatic heterocycles. The maximum Gasteiger partial charge on any atom is 0.292 e. The average molecular weight is 407 g/mol. The van der Waals surface area contributed by atoms with Gasteiger partial charge in [-0.3, -0.25) is 9.59 Å². The Morgan fingerprint density at radius 3 is 2.47 bits per heavy atom. The Balaban J connectivity index is 1.42. The molecule has 3 aliphatic rings. The third-order valence-electron chi connectivity index (χ3n) is 6.60. The molecular weight excluding hydrogens is 380 g/mol. The van der Waals surface area contributed by atoms with Gasteiger partial charge < -0.3 is 14.4 Å². The van der Waals surface area contributed by atoms with Gasteiger partial charge in [0.25, 0.3) is 5.91 Å². The van der Waals surface area contributed by atoms with Gasteiger partial charge in [-0.05, 0) is 43.7 Å². The van der Waals surface area contributed by atoms with Crippen molar-refractivity contribution < 1.29 is 24.0 Å². The predicted octanol–water partition coefficient (Wildman–Crippen LogP) is 1.99. The molecule has 0 bridgehead atoms. The number of rotatable bonds is 2. The summed E-state index contributed by atoms with van der Waals surface area (Å²) in [5.41, 5.74) is 4.21. The number of carbonyl (C=O) groups is 2. The molecule has 2 amide bonds. The second-order valence-electron chi connectivity index (χ2n) is 8.50. The summed E-state index contributed by atoms with van der Waals surface area (Å²) in [6, 6.07) is 11.5. The fraction of sp³-hybridized carbons (Fsp3) is 0.417. The maximum atomic E-state index is 13.3. The van der Waals surface area contributed by atoms with E-state index in [0.717, 1.165) is 41.3 Å². The van der Waals surface area contributed by atoms with Gasteiger partial charge in [-0.1, -0.05) is 17.7 Å². The van der Waals surface area contributed by atoms with Gasteiger partial charge in [-0.2, -0.15) is 0 Å². The van der Waals surface area contributed by atoms with E-state index in [1.165, 1.54) is 16.0 Å². The summed E-state index contributed by atoms with van der Waals surface area (Å²) in [5.74, 6) is 1.40. The minimum atomic E-state index is -0.349. The number of anilines is 1. The molecule has 156 valence electrons. The lowest BCUT2D eigenvalue weighted by Gasteiger charge is -2.35. The molecule has 1 fully saturated rings. The molecule has 1 N–H and O–H groups in total. The Hall–Kier alpha value is -2.86. The summed E-state index contributed by atoms with van der Waals surface area (Å²) in [5, 5.41) is 0. The highest BCUT2D eigenvalue weighted by atomic mass is 16.5. The van der Waals surface area contributed by atoms with Crippen LogP contribution in [0.3, 0.4) is 0 Å². The molecule has 3 atom stereocenters. The number of ether oxygens (including phenoxy) is 2. The van der Waals surface area contributed by atoms with Crippen molar-refractivity contribution in [3.8, 4) is 11.5 Å². The summed E-state index contributed by atoms with van der Waals surface area (Å²) in [4.78, 5) is 28.6. The number of hydrogen-bond donors (Lipinski definition) is 1. The Morgan fingerprint density at radius 2 is 1.73 bits per heavy atom. The minimum Gasteiger partial charge on any atom is -0.490 e. The topological polar surface area (TPSA) is 60.3 Å². The van der Waals surface area contributed by atoms with Gasteiger partial charge in [-0.25, -0.2) is 4.90 Å². The zero-order chi connectivity index (χ0) is 20.8. The van der Waals surface area contributed by atoms with Crippen LogP contribution < -0.4 is 19.3 Å². The quantitative estimate of drug-likeness (QED) is 0.774. The Labute approximate surface area is 176 Å². The van der Waals surface area contributed by atoms with E-state index in [0.29, 0.717) is 18.9 Å².